The van der Waals surface area contributed by atoms with Crippen molar-refractivity contribution < 1.29 is 15.0 Å². The number of piperazine rings is 1. The highest BCUT2D eigenvalue weighted by Crippen LogP contribution is 2.41. The van der Waals surface area contributed by atoms with E-state index in [2.05, 4.69) is 5.32 Å². The molecule has 36 heavy (non-hydrogen) atoms. The van der Waals surface area contributed by atoms with E-state index in [0.717, 1.165) is 35.3 Å². The van der Waals surface area contributed by atoms with Crippen LogP contribution in [0.5, 0.6) is 11.5 Å². The van der Waals surface area contributed by atoms with Crippen LogP contribution in [-0.2, 0) is 0 Å². The molecule has 1 fully saturated rings. The van der Waals surface area contributed by atoms with Gasteiger partial charge in [-0.3, -0.25) is 9.78 Å². The highest BCUT2D eigenvalue weighted by atomic mass is 35.5. The molecule has 1 aromatic heterocycles. The molecule has 3 aromatic carbocycles. The zero-order valence-electron chi connectivity index (χ0n) is 19.6. The van der Waals surface area contributed by atoms with Crippen LogP contribution in [-0.4, -0.2) is 52.2 Å². The quantitative estimate of drug-likeness (QED) is 0.358. The summed E-state index contributed by atoms with van der Waals surface area (Å²) in [4.78, 5) is 20.5. The molecule has 6 nitrogen and oxygen atoms in total. The van der Waals surface area contributed by atoms with Crippen molar-refractivity contribution >= 4 is 17.5 Å². The van der Waals surface area contributed by atoms with E-state index in [1.807, 2.05) is 53.4 Å². The molecule has 0 bridgehead atoms. The number of rotatable bonds is 5. The minimum Gasteiger partial charge on any atom is -0.508 e. The lowest BCUT2D eigenvalue weighted by molar-refractivity contribution is 0.0734. The summed E-state index contributed by atoms with van der Waals surface area (Å²) in [5.41, 5.74) is 4.36. The first-order valence-corrected chi connectivity index (χ1v) is 12.2. The Morgan fingerprint density at radius 3 is 2.03 bits per heavy atom. The molecule has 3 N–H and O–H groups in total. The van der Waals surface area contributed by atoms with Crippen LogP contribution in [0, 0.1) is 0 Å². The molecule has 0 spiro atoms. The third kappa shape index (κ3) is 4.78. The Labute approximate surface area is 214 Å². The van der Waals surface area contributed by atoms with Crippen molar-refractivity contribution in [3.05, 3.63) is 112 Å². The van der Waals surface area contributed by atoms with Gasteiger partial charge in [-0.05, 0) is 47.5 Å². The van der Waals surface area contributed by atoms with E-state index in [0.29, 0.717) is 29.4 Å². The number of aromatic hydroxyl groups is 2. The van der Waals surface area contributed by atoms with E-state index in [1.54, 1.807) is 36.5 Å². The molecule has 1 saturated heterocycles. The lowest BCUT2D eigenvalue weighted by atomic mass is 9.80. The summed E-state index contributed by atoms with van der Waals surface area (Å²) in [6.45, 7) is 2.71. The zero-order chi connectivity index (χ0) is 25.1. The standard InChI is InChI=1S/C29H26ClN3O3/c30-25-4-2-1-3-23(25)28-27(24(13-14-32-28)29(36)33-17-15-31-16-18-33)26(19-5-9-21(34)10-6-19)20-7-11-22(35)12-8-20/h1-14,26,31,34-35H,15-18H2. The first kappa shape index (κ1) is 23.9. The van der Waals surface area contributed by atoms with Crippen molar-refractivity contribution in [2.24, 2.45) is 0 Å². The van der Waals surface area contributed by atoms with E-state index in [4.69, 9.17) is 16.6 Å². The van der Waals surface area contributed by atoms with E-state index in [-0.39, 0.29) is 17.4 Å². The van der Waals surface area contributed by atoms with Gasteiger partial charge in [0.2, 0.25) is 0 Å². The summed E-state index contributed by atoms with van der Waals surface area (Å²) in [6, 6.07) is 23.1. The average Bonchev–Trinajstić information content (AvgIpc) is 2.91. The smallest absolute Gasteiger partial charge is 0.254 e. The third-order valence-electron chi connectivity index (χ3n) is 6.50. The van der Waals surface area contributed by atoms with Crippen LogP contribution in [0.3, 0.4) is 0 Å². The first-order chi connectivity index (χ1) is 17.5. The summed E-state index contributed by atoms with van der Waals surface area (Å²) in [6.07, 6.45) is 1.66. The molecule has 182 valence electrons. The Bertz CT molecular complexity index is 1320. The van der Waals surface area contributed by atoms with Crippen LogP contribution in [0.1, 0.15) is 33.0 Å². The second kappa shape index (κ2) is 10.4. The molecule has 1 amide bonds. The number of benzene rings is 3. The van der Waals surface area contributed by atoms with Crippen LogP contribution in [0.25, 0.3) is 11.3 Å². The summed E-state index contributed by atoms with van der Waals surface area (Å²) in [5, 5.41) is 23.8. The summed E-state index contributed by atoms with van der Waals surface area (Å²) < 4.78 is 0. The maximum atomic E-state index is 13.9. The molecular formula is C29H26ClN3O3. The number of hydrogen-bond donors (Lipinski definition) is 3. The monoisotopic (exact) mass is 499 g/mol. The van der Waals surface area contributed by atoms with E-state index >= 15 is 0 Å². The van der Waals surface area contributed by atoms with Gasteiger partial charge in [-0.15, -0.1) is 0 Å². The molecular weight excluding hydrogens is 474 g/mol. The van der Waals surface area contributed by atoms with Crippen LogP contribution in [0.2, 0.25) is 5.02 Å². The number of carbonyl (C=O) groups is 1. The van der Waals surface area contributed by atoms with Crippen molar-refractivity contribution in [1.82, 2.24) is 15.2 Å². The Morgan fingerprint density at radius 2 is 1.44 bits per heavy atom. The SMILES string of the molecule is O=C(c1ccnc(-c2ccccc2Cl)c1C(c1ccc(O)cc1)c1ccc(O)cc1)N1CCNCC1. The predicted molar refractivity (Wildman–Crippen MR) is 141 cm³/mol. The normalized spacial score (nSPS) is 13.7. The maximum Gasteiger partial charge on any atom is 0.254 e. The lowest BCUT2D eigenvalue weighted by Gasteiger charge is -2.30. The van der Waals surface area contributed by atoms with E-state index < -0.39 is 5.92 Å². The van der Waals surface area contributed by atoms with Crippen molar-refractivity contribution in [2.75, 3.05) is 26.2 Å². The number of nitrogens with zero attached hydrogens (tertiary/aromatic N) is 2. The van der Waals surface area contributed by atoms with Gasteiger partial charge in [0, 0.05) is 60.0 Å². The summed E-state index contributed by atoms with van der Waals surface area (Å²) >= 11 is 6.64. The molecule has 0 atom stereocenters. The van der Waals surface area contributed by atoms with E-state index in [9.17, 15) is 15.0 Å². The number of aromatic nitrogens is 1. The number of phenolic OH excluding ortho intramolecular Hbond substituents is 2. The van der Waals surface area contributed by atoms with Crippen molar-refractivity contribution in [3.63, 3.8) is 0 Å². The Hall–Kier alpha value is -3.87. The topological polar surface area (TPSA) is 85.7 Å². The van der Waals surface area contributed by atoms with Gasteiger partial charge in [-0.1, -0.05) is 54.1 Å². The molecule has 5 rings (SSSR count). The largest absolute Gasteiger partial charge is 0.508 e. The van der Waals surface area contributed by atoms with Gasteiger partial charge in [0.25, 0.3) is 5.91 Å². The van der Waals surface area contributed by atoms with Gasteiger partial charge in [0.05, 0.1) is 5.69 Å². The van der Waals surface area contributed by atoms with E-state index in [1.165, 1.54) is 0 Å². The van der Waals surface area contributed by atoms with Crippen LogP contribution in [0.15, 0.2) is 85.1 Å². The highest BCUT2D eigenvalue weighted by molar-refractivity contribution is 6.33. The Kier molecular flexibility index (Phi) is 6.89. The summed E-state index contributed by atoms with van der Waals surface area (Å²) in [5.74, 6) is -0.173. The summed E-state index contributed by atoms with van der Waals surface area (Å²) in [7, 11) is 0. The lowest BCUT2D eigenvalue weighted by Crippen LogP contribution is -2.46. The Balaban J connectivity index is 1.79. The second-order valence-electron chi connectivity index (χ2n) is 8.76. The maximum absolute atomic E-state index is 13.9. The molecule has 1 aliphatic rings. The fourth-order valence-electron chi connectivity index (χ4n) is 4.72. The van der Waals surface area contributed by atoms with Gasteiger partial charge in [-0.25, -0.2) is 0 Å². The molecule has 4 aromatic rings. The minimum atomic E-state index is -0.409. The zero-order valence-corrected chi connectivity index (χ0v) is 20.3. The van der Waals surface area contributed by atoms with Crippen LogP contribution < -0.4 is 5.32 Å². The third-order valence-corrected chi connectivity index (χ3v) is 6.82. The molecule has 0 saturated carbocycles. The molecule has 0 radical (unpaired) electrons. The molecule has 7 heteroatoms. The minimum absolute atomic E-state index is 0.0650. The van der Waals surface area contributed by atoms with Crippen molar-refractivity contribution in [1.29, 1.82) is 0 Å². The van der Waals surface area contributed by atoms with Crippen molar-refractivity contribution in [3.8, 4) is 22.8 Å². The highest BCUT2D eigenvalue weighted by Gasteiger charge is 2.30. The van der Waals surface area contributed by atoms with Gasteiger partial charge in [0.1, 0.15) is 11.5 Å². The van der Waals surface area contributed by atoms with Crippen LogP contribution >= 0.6 is 11.6 Å². The van der Waals surface area contributed by atoms with Gasteiger partial charge in [0.15, 0.2) is 0 Å². The molecule has 0 unspecified atom stereocenters. The Morgan fingerprint density at radius 1 is 0.861 bits per heavy atom. The number of pyridine rings is 1. The van der Waals surface area contributed by atoms with Gasteiger partial charge < -0.3 is 20.4 Å². The number of hydrogen-bond acceptors (Lipinski definition) is 5. The fraction of sp³-hybridized carbons (Fsp3) is 0.172. The predicted octanol–water partition coefficient (Wildman–Crippen LogP) is 5.04. The average molecular weight is 500 g/mol. The second-order valence-corrected chi connectivity index (χ2v) is 9.17. The number of nitrogens with one attached hydrogen (secondary N) is 1. The molecule has 0 aliphatic carbocycles. The molecule has 2 heterocycles. The van der Waals surface area contributed by atoms with Crippen LogP contribution in [0.4, 0.5) is 0 Å². The van der Waals surface area contributed by atoms with Crippen molar-refractivity contribution in [2.45, 2.75) is 5.92 Å². The first-order valence-electron chi connectivity index (χ1n) is 11.8. The van der Waals surface area contributed by atoms with Gasteiger partial charge >= 0.3 is 0 Å². The number of amides is 1. The number of carbonyl (C=O) groups excluding carboxylic acids is 1. The number of halogens is 1. The van der Waals surface area contributed by atoms with Gasteiger partial charge in [-0.2, -0.15) is 0 Å². The molecule has 1 aliphatic heterocycles. The fourth-order valence-corrected chi connectivity index (χ4v) is 4.94. The number of phenols is 2.